The monoisotopic (exact) mass is 242 g/mol. The molecule has 0 spiro atoms. The minimum atomic E-state index is -0.304. The lowest BCUT2D eigenvalue weighted by Gasteiger charge is -2.37. The van der Waals surface area contributed by atoms with Crippen LogP contribution in [0.1, 0.15) is 26.2 Å². The van der Waals surface area contributed by atoms with Crippen LogP contribution in [-0.4, -0.2) is 43.9 Å². The van der Waals surface area contributed by atoms with Crippen molar-refractivity contribution >= 4 is 5.91 Å². The number of hydrogen-bond acceptors (Lipinski definition) is 4. The molecule has 3 N–H and O–H groups in total. The molecular formula is C12H22N2O3. The molecule has 2 fully saturated rings. The maximum atomic E-state index is 12.2. The molecule has 17 heavy (non-hydrogen) atoms. The number of nitrogens with one attached hydrogen (secondary N) is 1. The average Bonchev–Trinajstić information content (AvgIpc) is 2.77. The molecule has 2 aliphatic heterocycles. The molecule has 0 aromatic heterocycles. The van der Waals surface area contributed by atoms with Crippen molar-refractivity contribution in [3.8, 4) is 0 Å². The number of carbonyl (C=O) groups excluding carboxylic acids is 1. The Morgan fingerprint density at radius 2 is 2.12 bits per heavy atom. The third-order valence-corrected chi connectivity index (χ3v) is 3.87. The lowest BCUT2D eigenvalue weighted by atomic mass is 9.89. The Labute approximate surface area is 102 Å². The molecule has 0 aromatic carbocycles. The van der Waals surface area contributed by atoms with Gasteiger partial charge in [0, 0.05) is 26.4 Å². The fourth-order valence-corrected chi connectivity index (χ4v) is 2.51. The zero-order valence-corrected chi connectivity index (χ0v) is 10.4. The third-order valence-electron chi connectivity index (χ3n) is 3.87. The van der Waals surface area contributed by atoms with Crippen molar-refractivity contribution in [2.24, 2.45) is 11.7 Å². The lowest BCUT2D eigenvalue weighted by molar-refractivity contribution is -0.134. The highest BCUT2D eigenvalue weighted by Gasteiger charge is 2.38. The van der Waals surface area contributed by atoms with Crippen molar-refractivity contribution in [3.05, 3.63) is 0 Å². The summed E-state index contributed by atoms with van der Waals surface area (Å²) in [6.45, 7) is 4.52. The van der Waals surface area contributed by atoms with Crippen LogP contribution in [0.4, 0.5) is 0 Å². The van der Waals surface area contributed by atoms with E-state index in [-0.39, 0.29) is 17.6 Å². The molecule has 2 heterocycles. The van der Waals surface area contributed by atoms with Crippen molar-refractivity contribution in [1.82, 2.24) is 5.32 Å². The van der Waals surface area contributed by atoms with E-state index >= 15 is 0 Å². The first-order valence-electron chi connectivity index (χ1n) is 6.38. The molecule has 0 radical (unpaired) electrons. The molecule has 5 nitrogen and oxygen atoms in total. The van der Waals surface area contributed by atoms with Crippen molar-refractivity contribution in [1.29, 1.82) is 0 Å². The second-order valence-electron chi connectivity index (χ2n) is 5.14. The van der Waals surface area contributed by atoms with Gasteiger partial charge in [0.25, 0.3) is 0 Å². The normalized spacial score (nSPS) is 32.4. The molecule has 2 atom stereocenters. The topological polar surface area (TPSA) is 73.6 Å². The van der Waals surface area contributed by atoms with Crippen LogP contribution in [0.2, 0.25) is 0 Å². The van der Waals surface area contributed by atoms with Crippen LogP contribution < -0.4 is 11.1 Å². The van der Waals surface area contributed by atoms with E-state index in [0.717, 1.165) is 19.3 Å². The molecule has 0 bridgehead atoms. The largest absolute Gasteiger partial charge is 0.381 e. The zero-order valence-electron chi connectivity index (χ0n) is 10.4. The molecular weight excluding hydrogens is 220 g/mol. The minimum Gasteiger partial charge on any atom is -0.381 e. The van der Waals surface area contributed by atoms with Gasteiger partial charge in [-0.2, -0.15) is 0 Å². The molecule has 2 rings (SSSR count). The van der Waals surface area contributed by atoms with Crippen LogP contribution in [0, 0.1) is 5.92 Å². The second-order valence-corrected chi connectivity index (χ2v) is 5.14. The van der Waals surface area contributed by atoms with E-state index in [9.17, 15) is 4.79 Å². The van der Waals surface area contributed by atoms with Gasteiger partial charge in [0.15, 0.2) is 0 Å². The van der Waals surface area contributed by atoms with Gasteiger partial charge in [-0.1, -0.05) is 6.92 Å². The molecule has 5 heteroatoms. The second kappa shape index (κ2) is 5.33. The van der Waals surface area contributed by atoms with E-state index in [4.69, 9.17) is 15.2 Å². The number of carbonyl (C=O) groups is 1. The first kappa shape index (κ1) is 12.8. The summed E-state index contributed by atoms with van der Waals surface area (Å²) in [5.41, 5.74) is 5.52. The summed E-state index contributed by atoms with van der Waals surface area (Å²) in [6, 6.07) is 0. The fraction of sp³-hybridized carbons (Fsp3) is 0.917. The van der Waals surface area contributed by atoms with E-state index < -0.39 is 0 Å². The maximum absolute atomic E-state index is 12.2. The van der Waals surface area contributed by atoms with Crippen LogP contribution in [-0.2, 0) is 14.3 Å². The van der Waals surface area contributed by atoms with Gasteiger partial charge >= 0.3 is 0 Å². The first-order valence-corrected chi connectivity index (χ1v) is 6.38. The number of amides is 1. The van der Waals surface area contributed by atoms with Crippen LogP contribution in [0.25, 0.3) is 0 Å². The van der Waals surface area contributed by atoms with Gasteiger partial charge in [-0.3, -0.25) is 4.79 Å². The van der Waals surface area contributed by atoms with Crippen molar-refractivity contribution in [3.63, 3.8) is 0 Å². The van der Waals surface area contributed by atoms with E-state index in [1.165, 1.54) is 0 Å². The number of nitrogens with two attached hydrogens (primary N) is 1. The highest BCUT2D eigenvalue weighted by atomic mass is 16.5. The molecule has 98 valence electrons. The summed E-state index contributed by atoms with van der Waals surface area (Å²) in [4.78, 5) is 12.2. The third kappa shape index (κ3) is 2.78. The predicted octanol–water partition coefficient (Wildman–Crippen LogP) is 0.0355. The summed E-state index contributed by atoms with van der Waals surface area (Å²) in [5.74, 6) is 0.284. The van der Waals surface area contributed by atoms with Crippen molar-refractivity contribution in [2.75, 3.05) is 26.4 Å². The van der Waals surface area contributed by atoms with E-state index in [0.29, 0.717) is 32.3 Å². The maximum Gasteiger partial charge on any atom is 0.249 e. The van der Waals surface area contributed by atoms with Gasteiger partial charge in [-0.25, -0.2) is 0 Å². The zero-order chi connectivity index (χ0) is 12.3. The van der Waals surface area contributed by atoms with Gasteiger partial charge in [0.05, 0.1) is 5.54 Å². The highest BCUT2D eigenvalue weighted by Crippen LogP contribution is 2.24. The average molecular weight is 242 g/mol. The SMILES string of the molecule is CC1CCOC1C(=O)NC1(CN)CCOCC1. The Morgan fingerprint density at radius 3 is 2.65 bits per heavy atom. The van der Waals surface area contributed by atoms with Crippen LogP contribution in [0.5, 0.6) is 0 Å². The van der Waals surface area contributed by atoms with Crippen molar-refractivity contribution < 1.29 is 14.3 Å². The summed E-state index contributed by atoms with van der Waals surface area (Å²) in [7, 11) is 0. The molecule has 0 saturated carbocycles. The van der Waals surface area contributed by atoms with E-state index in [1.807, 2.05) is 0 Å². The lowest BCUT2D eigenvalue weighted by Crippen LogP contribution is -2.59. The standard InChI is InChI=1S/C12H22N2O3/c1-9-2-5-17-10(9)11(15)14-12(8-13)3-6-16-7-4-12/h9-10H,2-8,13H2,1H3,(H,14,15). The predicted molar refractivity (Wildman–Crippen MR) is 63.5 cm³/mol. The smallest absolute Gasteiger partial charge is 0.249 e. The summed E-state index contributed by atoms with van der Waals surface area (Å²) >= 11 is 0. The van der Waals surface area contributed by atoms with Gasteiger partial charge in [-0.05, 0) is 25.2 Å². The molecule has 1 amide bonds. The Hall–Kier alpha value is -0.650. The van der Waals surface area contributed by atoms with Crippen LogP contribution in [0.15, 0.2) is 0 Å². The van der Waals surface area contributed by atoms with Gasteiger partial charge in [0.1, 0.15) is 6.10 Å². The molecule has 2 aliphatic rings. The quantitative estimate of drug-likeness (QED) is 0.732. The van der Waals surface area contributed by atoms with E-state index in [2.05, 4.69) is 12.2 Å². The Kier molecular flexibility index (Phi) is 4.01. The summed E-state index contributed by atoms with van der Waals surface area (Å²) < 4.78 is 10.8. The fourth-order valence-electron chi connectivity index (χ4n) is 2.51. The number of rotatable bonds is 3. The highest BCUT2D eigenvalue weighted by molar-refractivity contribution is 5.82. The first-order chi connectivity index (χ1) is 8.17. The Morgan fingerprint density at radius 1 is 1.41 bits per heavy atom. The Bertz CT molecular complexity index is 277. The molecule has 0 aliphatic carbocycles. The summed E-state index contributed by atoms with van der Waals surface area (Å²) in [5, 5.41) is 3.09. The molecule has 0 aromatic rings. The molecule has 2 unspecified atom stereocenters. The summed E-state index contributed by atoms with van der Waals surface area (Å²) in [6.07, 6.45) is 2.23. The van der Waals surface area contributed by atoms with E-state index in [1.54, 1.807) is 0 Å². The van der Waals surface area contributed by atoms with Gasteiger partial charge < -0.3 is 20.5 Å². The van der Waals surface area contributed by atoms with Crippen molar-refractivity contribution in [2.45, 2.75) is 37.8 Å². The molecule has 2 saturated heterocycles. The Balaban J connectivity index is 1.95. The number of ether oxygens (including phenoxy) is 2. The number of hydrogen-bond donors (Lipinski definition) is 2. The van der Waals surface area contributed by atoms with Gasteiger partial charge in [0.2, 0.25) is 5.91 Å². The van der Waals surface area contributed by atoms with Crippen LogP contribution in [0.3, 0.4) is 0 Å². The minimum absolute atomic E-state index is 0.0117. The van der Waals surface area contributed by atoms with Crippen LogP contribution >= 0.6 is 0 Å². The van der Waals surface area contributed by atoms with Gasteiger partial charge in [-0.15, -0.1) is 0 Å².